The summed E-state index contributed by atoms with van der Waals surface area (Å²) in [5, 5.41) is 18.1. The van der Waals surface area contributed by atoms with E-state index in [0.29, 0.717) is 12.2 Å². The molecule has 0 aromatic carbocycles. The number of aliphatic carboxylic acids is 2. The van der Waals surface area contributed by atoms with Crippen molar-refractivity contribution in [2.75, 3.05) is 17.8 Å². The van der Waals surface area contributed by atoms with Gasteiger partial charge in [0.25, 0.3) is 0 Å². The normalized spacial score (nSPS) is 11.2. The van der Waals surface area contributed by atoms with Crippen LogP contribution in [0.2, 0.25) is 0 Å². The van der Waals surface area contributed by atoms with Gasteiger partial charge in [0.2, 0.25) is 0 Å². The Morgan fingerprint density at radius 3 is 1.95 bits per heavy atom. The van der Waals surface area contributed by atoms with E-state index in [-0.39, 0.29) is 25.3 Å². The Morgan fingerprint density at radius 1 is 1.37 bits per heavy atom. The van der Waals surface area contributed by atoms with Crippen molar-refractivity contribution in [2.24, 2.45) is 0 Å². The van der Waals surface area contributed by atoms with Gasteiger partial charge < -0.3 is 44.4 Å². The molecule has 0 saturated heterocycles. The Labute approximate surface area is 129 Å². The van der Waals surface area contributed by atoms with Crippen molar-refractivity contribution in [1.82, 2.24) is 0 Å². The second-order valence-electron chi connectivity index (χ2n) is 3.02. The average molecular weight is 341 g/mol. The van der Waals surface area contributed by atoms with E-state index in [0.717, 1.165) is 5.75 Å². The number of rotatable bonds is 6. The molecule has 0 aromatic rings. The van der Waals surface area contributed by atoms with Crippen LogP contribution in [0.15, 0.2) is 0 Å². The van der Waals surface area contributed by atoms with Crippen LogP contribution in [0.25, 0.3) is 0 Å². The molecule has 0 aliphatic rings. The van der Waals surface area contributed by atoms with E-state index in [1.807, 2.05) is 6.26 Å². The number of carboxylic acids is 2. The summed E-state index contributed by atoms with van der Waals surface area (Å²) < 4.78 is 0. The van der Waals surface area contributed by atoms with Crippen LogP contribution in [-0.2, 0) is 9.59 Å². The highest BCUT2D eigenvalue weighted by Crippen LogP contribution is 1.95. The quantitative estimate of drug-likeness (QED) is 0.352. The molecule has 120 valence electrons. The Kier molecular flexibility index (Phi) is 33.2. The summed E-state index contributed by atoms with van der Waals surface area (Å²) >= 11 is 5.33. The summed E-state index contributed by atoms with van der Waals surface area (Å²) in [6, 6.07) is -1.11. The van der Waals surface area contributed by atoms with Crippen LogP contribution in [0.3, 0.4) is 0 Å². The van der Waals surface area contributed by atoms with Crippen molar-refractivity contribution < 1.29 is 49.2 Å². The molecule has 2 atom stereocenters. The molecule has 0 aliphatic carbocycles. The molecule has 0 fully saturated rings. The number of carbonyl (C=O) groups is 2. The van der Waals surface area contributed by atoms with Crippen LogP contribution in [0.5, 0.6) is 0 Å². The summed E-state index contributed by atoms with van der Waals surface area (Å²) in [5.41, 5.74) is 6.68. The lowest BCUT2D eigenvalue weighted by molar-refractivity contribution is -0.437. The first kappa shape index (κ1) is 31.3. The molecule has 10 heteroatoms. The second kappa shape index (κ2) is 20.1. The molecule has 0 aromatic heterocycles. The fraction of sp³-hybridized carbons (Fsp3) is 0.778. The van der Waals surface area contributed by atoms with Gasteiger partial charge in [-0.25, -0.2) is 4.79 Å². The number of halogens is 1. The molecule has 0 amide bonds. The van der Waals surface area contributed by atoms with Gasteiger partial charge in [0.1, 0.15) is 6.04 Å². The molecule has 2 unspecified atom stereocenters. The Bertz CT molecular complexity index is 225. The third kappa shape index (κ3) is 23.3. The third-order valence-electron chi connectivity index (χ3n) is 1.57. The van der Waals surface area contributed by atoms with Gasteiger partial charge >= 0.3 is 5.97 Å². The number of hydrogen-bond donors (Lipinski definition) is 4. The number of quaternary nitrogens is 2. The van der Waals surface area contributed by atoms with E-state index in [1.165, 1.54) is 0 Å². The van der Waals surface area contributed by atoms with Gasteiger partial charge in [0, 0.05) is 6.42 Å². The lowest BCUT2D eigenvalue weighted by Crippen LogP contribution is -3.00. The maximum absolute atomic E-state index is 10.0. The molecule has 9 N–H and O–H groups in total. The number of thiol groups is 1. The summed E-state index contributed by atoms with van der Waals surface area (Å²) in [6.07, 6.45) is 2.53. The highest BCUT2D eigenvalue weighted by molar-refractivity contribution is 7.98. The smallest absolute Gasteiger partial charge is 0.363 e. The Balaban J connectivity index is -0.0000000607. The second-order valence-corrected chi connectivity index (χ2v) is 4.37. The minimum absolute atomic E-state index is 0. The molecule has 0 aliphatic heterocycles. The summed E-state index contributed by atoms with van der Waals surface area (Å²) in [7, 11) is 0. The molecule has 0 heterocycles. The zero-order chi connectivity index (χ0) is 13.1. The zero-order valence-corrected chi connectivity index (χ0v) is 12.6. The number of carbonyl (C=O) groups excluding carboxylic acids is 1. The number of thioether (sulfide) groups is 1. The van der Waals surface area contributed by atoms with Crippen LogP contribution in [0.4, 0.5) is 0 Å². The number of hydrogen-bond acceptors (Lipinski definition) is 5. The fourth-order valence-electron chi connectivity index (χ4n) is 0.456. The van der Waals surface area contributed by atoms with Crippen LogP contribution >= 0.6 is 24.4 Å². The summed E-state index contributed by atoms with van der Waals surface area (Å²) in [6.45, 7) is 0. The van der Waals surface area contributed by atoms with Crippen molar-refractivity contribution in [1.29, 1.82) is 0 Å². The minimum atomic E-state index is -1.05. The van der Waals surface area contributed by atoms with Gasteiger partial charge in [-0.1, -0.05) is 7.43 Å². The standard InChI is InChI=1S/C5H11NO2S.C3H7NO2S.CH4.ClH.H2O/c1-9-3-2-4(6)5(7)8;4-2(1-7)3(5)6;;;/h4H,2-3,6H2,1H3,(H,7,8);2,7H,1,4H2,(H,5,6);1H4;1H;1H2. The van der Waals surface area contributed by atoms with Gasteiger partial charge in [-0.2, -0.15) is 24.4 Å². The maximum Gasteiger partial charge on any atom is 0.363 e. The maximum atomic E-state index is 10.0. The molecule has 0 saturated carbocycles. The topological polar surface area (TPSA) is 164 Å². The molecule has 0 radical (unpaired) electrons. The largest absolute Gasteiger partial charge is 1.00 e. The third-order valence-corrected chi connectivity index (χ3v) is 2.66. The van der Waals surface area contributed by atoms with Gasteiger partial charge in [-0.15, -0.1) is 0 Å². The molecular weight excluding hydrogens is 316 g/mol. The summed E-state index contributed by atoms with van der Waals surface area (Å²) in [5.74, 6) is -0.809. The van der Waals surface area contributed by atoms with Crippen molar-refractivity contribution in [3.8, 4) is 0 Å². The predicted octanol–water partition coefficient (Wildman–Crippen LogP) is -6.47. The van der Waals surface area contributed by atoms with E-state index in [2.05, 4.69) is 24.1 Å². The van der Waals surface area contributed by atoms with Crippen molar-refractivity contribution >= 4 is 36.3 Å². The highest BCUT2D eigenvalue weighted by Gasteiger charge is 2.10. The average Bonchev–Trinajstić information content (AvgIpc) is 2.25. The first-order valence-electron chi connectivity index (χ1n) is 4.56. The van der Waals surface area contributed by atoms with E-state index in [1.54, 1.807) is 11.8 Å². The van der Waals surface area contributed by atoms with Crippen LogP contribution < -0.4 is 29.0 Å². The lowest BCUT2D eigenvalue weighted by Gasteiger charge is -2.06. The highest BCUT2D eigenvalue weighted by atomic mass is 35.5. The Hall–Kier alpha value is -0.190. The fourth-order valence-corrected chi connectivity index (χ4v) is 1.13. The van der Waals surface area contributed by atoms with Gasteiger partial charge in [-0.05, 0) is 12.0 Å². The first-order valence-corrected chi connectivity index (χ1v) is 6.59. The molecule has 0 rings (SSSR count). The SMILES string of the molecule is C.CSCCC([NH3+])C(=O)[O-].O.[Cl-].[NH3+]C(CS)C(=O)O. The van der Waals surface area contributed by atoms with E-state index < -0.39 is 24.0 Å². The van der Waals surface area contributed by atoms with Gasteiger partial charge in [0.05, 0.1) is 11.7 Å². The van der Waals surface area contributed by atoms with Crippen molar-refractivity contribution in [2.45, 2.75) is 25.9 Å². The van der Waals surface area contributed by atoms with E-state index in [9.17, 15) is 14.7 Å². The lowest BCUT2D eigenvalue weighted by atomic mass is 10.2. The van der Waals surface area contributed by atoms with Gasteiger partial charge in [0.15, 0.2) is 6.04 Å². The number of carboxylic acid groups (broad SMARTS) is 2. The predicted molar refractivity (Wildman–Crippen MR) is 73.2 cm³/mol. The monoisotopic (exact) mass is 340 g/mol. The van der Waals surface area contributed by atoms with Crippen molar-refractivity contribution in [3.05, 3.63) is 0 Å². The summed E-state index contributed by atoms with van der Waals surface area (Å²) in [4.78, 5) is 19.8. The molecule has 0 bridgehead atoms. The molecule has 19 heavy (non-hydrogen) atoms. The molecular formula is C9H25ClN2O5S2. The van der Waals surface area contributed by atoms with Gasteiger partial charge in [-0.3, -0.25) is 0 Å². The molecule has 7 nitrogen and oxygen atoms in total. The van der Waals surface area contributed by atoms with Crippen LogP contribution in [0, 0.1) is 0 Å². The zero-order valence-electron chi connectivity index (χ0n) is 10.1. The van der Waals surface area contributed by atoms with Crippen LogP contribution in [0.1, 0.15) is 13.8 Å². The first-order chi connectivity index (χ1) is 7.36. The Morgan fingerprint density at radius 2 is 1.79 bits per heavy atom. The van der Waals surface area contributed by atoms with Crippen molar-refractivity contribution in [3.63, 3.8) is 0 Å². The molecule has 0 spiro atoms. The van der Waals surface area contributed by atoms with E-state index >= 15 is 0 Å². The van der Waals surface area contributed by atoms with Crippen LogP contribution in [-0.4, -0.2) is 52.4 Å². The minimum Gasteiger partial charge on any atom is -1.00 e. The van der Waals surface area contributed by atoms with E-state index in [4.69, 9.17) is 5.11 Å².